The highest BCUT2D eigenvalue weighted by molar-refractivity contribution is 6.35. The lowest BCUT2D eigenvalue weighted by Crippen LogP contribution is -2.12. The third-order valence-corrected chi connectivity index (χ3v) is 3.65. The van der Waals surface area contributed by atoms with Crippen LogP contribution < -0.4 is 5.32 Å². The number of aromatic hydroxyl groups is 1. The molecule has 0 aliphatic rings. The van der Waals surface area contributed by atoms with E-state index in [1.807, 2.05) is 6.07 Å². The molecule has 0 radical (unpaired) electrons. The third kappa shape index (κ3) is 2.84. The molecule has 3 aromatic rings. The molecule has 0 atom stereocenters. The summed E-state index contributed by atoms with van der Waals surface area (Å²) < 4.78 is 0. The van der Waals surface area contributed by atoms with E-state index in [0.29, 0.717) is 16.2 Å². The lowest BCUT2D eigenvalue weighted by molar-refractivity contribution is 0.0693. The monoisotopic (exact) mass is 330 g/mol. The molecule has 1 aromatic heterocycles. The first-order valence-electron chi connectivity index (χ1n) is 6.60. The van der Waals surface area contributed by atoms with Crippen molar-refractivity contribution in [2.75, 3.05) is 5.32 Å². The van der Waals surface area contributed by atoms with Crippen molar-refractivity contribution in [1.29, 1.82) is 0 Å². The van der Waals surface area contributed by atoms with Gasteiger partial charge < -0.3 is 20.5 Å². The van der Waals surface area contributed by atoms with Crippen molar-refractivity contribution in [1.82, 2.24) is 4.98 Å². The molecule has 0 spiro atoms. The topological polar surface area (TPSA) is 102 Å². The summed E-state index contributed by atoms with van der Waals surface area (Å²) >= 11 is 6.05. The summed E-state index contributed by atoms with van der Waals surface area (Å²) in [7, 11) is 0. The van der Waals surface area contributed by atoms with Crippen molar-refractivity contribution in [2.24, 2.45) is 0 Å². The summed E-state index contributed by atoms with van der Waals surface area (Å²) in [5, 5.41) is 22.4. The van der Waals surface area contributed by atoms with Gasteiger partial charge in [0.05, 0.1) is 10.5 Å². The average molecular weight is 331 g/mol. The molecule has 116 valence electrons. The minimum atomic E-state index is -1.24. The highest BCUT2D eigenvalue weighted by Crippen LogP contribution is 2.25. The number of carbonyl (C=O) groups is 2. The van der Waals surface area contributed by atoms with Crippen LogP contribution in [0.15, 0.2) is 42.5 Å². The number of aromatic amines is 1. The summed E-state index contributed by atoms with van der Waals surface area (Å²) in [6.45, 7) is 0. The summed E-state index contributed by atoms with van der Waals surface area (Å²) in [6, 6.07) is 10.8. The van der Waals surface area contributed by atoms with Gasteiger partial charge >= 0.3 is 5.97 Å². The number of H-pyrrole nitrogens is 1. The highest BCUT2D eigenvalue weighted by atomic mass is 35.5. The van der Waals surface area contributed by atoms with Crippen LogP contribution in [0.3, 0.4) is 0 Å². The zero-order valence-corrected chi connectivity index (χ0v) is 12.4. The van der Waals surface area contributed by atoms with Crippen LogP contribution in [0.4, 0.5) is 5.69 Å². The molecule has 0 saturated heterocycles. The molecule has 7 heteroatoms. The van der Waals surface area contributed by atoms with E-state index < -0.39 is 17.6 Å². The van der Waals surface area contributed by atoms with Gasteiger partial charge in [-0.15, -0.1) is 0 Å². The largest absolute Gasteiger partial charge is 0.507 e. The second-order valence-electron chi connectivity index (χ2n) is 4.88. The number of aromatic nitrogens is 1. The highest BCUT2D eigenvalue weighted by Gasteiger charge is 2.14. The van der Waals surface area contributed by atoms with Crippen LogP contribution in [0.25, 0.3) is 10.9 Å². The number of para-hydroxylation sites is 1. The predicted molar refractivity (Wildman–Crippen MR) is 86.3 cm³/mol. The first kappa shape index (κ1) is 14.9. The predicted octanol–water partition coefficient (Wildman–Crippen LogP) is 3.48. The number of amides is 1. The maximum atomic E-state index is 12.2. The Morgan fingerprint density at radius 1 is 1.13 bits per heavy atom. The molecule has 3 rings (SSSR count). The number of aromatic carboxylic acids is 1. The van der Waals surface area contributed by atoms with E-state index in [9.17, 15) is 14.7 Å². The molecule has 0 aliphatic carbocycles. The molecule has 2 aromatic carbocycles. The smallest absolute Gasteiger partial charge is 0.339 e. The molecule has 6 nitrogen and oxygen atoms in total. The number of hydrogen-bond donors (Lipinski definition) is 4. The number of carboxylic acid groups (broad SMARTS) is 1. The van der Waals surface area contributed by atoms with Crippen LogP contribution in [0.5, 0.6) is 5.75 Å². The average Bonchev–Trinajstić information content (AvgIpc) is 2.92. The van der Waals surface area contributed by atoms with E-state index in [2.05, 4.69) is 10.3 Å². The van der Waals surface area contributed by atoms with Crippen molar-refractivity contribution in [3.8, 4) is 5.75 Å². The first-order chi connectivity index (χ1) is 11.0. The third-order valence-electron chi connectivity index (χ3n) is 3.34. The van der Waals surface area contributed by atoms with E-state index in [1.54, 1.807) is 18.2 Å². The van der Waals surface area contributed by atoms with Crippen LogP contribution in [0.2, 0.25) is 5.02 Å². The maximum absolute atomic E-state index is 12.2. The number of rotatable bonds is 3. The molecule has 0 aliphatic heterocycles. The van der Waals surface area contributed by atoms with Gasteiger partial charge in [-0.3, -0.25) is 4.79 Å². The molecular formula is C16H11ClN2O4. The minimum absolute atomic E-state index is 0.236. The number of hydrogen-bond acceptors (Lipinski definition) is 3. The number of carbonyl (C=O) groups excluding carboxylic acids is 1. The normalized spacial score (nSPS) is 10.7. The molecular weight excluding hydrogens is 320 g/mol. The van der Waals surface area contributed by atoms with Crippen molar-refractivity contribution in [3.05, 3.63) is 58.7 Å². The fourth-order valence-electron chi connectivity index (χ4n) is 2.23. The van der Waals surface area contributed by atoms with Gasteiger partial charge in [0.2, 0.25) is 0 Å². The fourth-order valence-corrected chi connectivity index (χ4v) is 2.46. The molecule has 0 bridgehead atoms. The molecule has 1 amide bonds. The fraction of sp³-hybridized carbons (Fsp3) is 0. The van der Waals surface area contributed by atoms with Crippen LogP contribution in [-0.4, -0.2) is 27.1 Å². The number of benzene rings is 2. The number of halogens is 1. The zero-order chi connectivity index (χ0) is 16.6. The standard InChI is InChI=1S/C16H11ClN2O4/c17-11-3-1-2-8-6-12(19-14(8)11)15(21)18-9-4-5-10(16(22)23)13(20)7-9/h1-7,19-20H,(H,18,21)(H,22,23). The first-order valence-corrected chi connectivity index (χ1v) is 6.98. The lowest BCUT2D eigenvalue weighted by atomic mass is 10.2. The Morgan fingerprint density at radius 2 is 1.91 bits per heavy atom. The SMILES string of the molecule is O=C(Nc1ccc(C(=O)O)c(O)c1)c1cc2cccc(Cl)c2[nH]1. The van der Waals surface area contributed by atoms with Crippen LogP contribution in [-0.2, 0) is 0 Å². The van der Waals surface area contributed by atoms with Gasteiger partial charge in [-0.25, -0.2) is 4.79 Å². The van der Waals surface area contributed by atoms with Crippen molar-refractivity contribution in [3.63, 3.8) is 0 Å². The summed E-state index contributed by atoms with van der Waals surface area (Å²) in [4.78, 5) is 26.0. The zero-order valence-electron chi connectivity index (χ0n) is 11.6. The van der Waals surface area contributed by atoms with E-state index in [4.69, 9.17) is 16.7 Å². The van der Waals surface area contributed by atoms with E-state index in [-0.39, 0.29) is 11.3 Å². The summed E-state index contributed by atoms with van der Waals surface area (Å²) in [5.74, 6) is -2.10. The molecule has 4 N–H and O–H groups in total. The van der Waals surface area contributed by atoms with Gasteiger partial charge in [0.15, 0.2) is 0 Å². The van der Waals surface area contributed by atoms with Crippen molar-refractivity contribution >= 4 is 40.1 Å². The van der Waals surface area contributed by atoms with Gasteiger partial charge in [0.1, 0.15) is 17.0 Å². The van der Waals surface area contributed by atoms with Gasteiger partial charge in [0.25, 0.3) is 5.91 Å². The Morgan fingerprint density at radius 3 is 2.57 bits per heavy atom. The number of anilines is 1. The molecule has 0 unspecified atom stereocenters. The van der Waals surface area contributed by atoms with Gasteiger partial charge in [-0.05, 0) is 24.3 Å². The van der Waals surface area contributed by atoms with Crippen LogP contribution >= 0.6 is 11.6 Å². The Bertz CT molecular complexity index is 933. The van der Waals surface area contributed by atoms with E-state index in [0.717, 1.165) is 5.39 Å². The Hall–Kier alpha value is -2.99. The maximum Gasteiger partial charge on any atom is 0.339 e. The van der Waals surface area contributed by atoms with Crippen LogP contribution in [0, 0.1) is 0 Å². The van der Waals surface area contributed by atoms with Gasteiger partial charge in [-0.2, -0.15) is 0 Å². The molecule has 0 fully saturated rings. The molecule has 23 heavy (non-hydrogen) atoms. The summed E-state index contributed by atoms with van der Waals surface area (Å²) in [6.07, 6.45) is 0. The van der Waals surface area contributed by atoms with Crippen molar-refractivity contribution < 1.29 is 19.8 Å². The van der Waals surface area contributed by atoms with Crippen molar-refractivity contribution in [2.45, 2.75) is 0 Å². The molecule has 1 heterocycles. The lowest BCUT2D eigenvalue weighted by Gasteiger charge is -2.06. The van der Waals surface area contributed by atoms with Gasteiger partial charge in [-0.1, -0.05) is 23.7 Å². The Labute approximate surface area is 135 Å². The second kappa shape index (κ2) is 5.66. The van der Waals surface area contributed by atoms with E-state index >= 15 is 0 Å². The van der Waals surface area contributed by atoms with Crippen LogP contribution in [0.1, 0.15) is 20.8 Å². The van der Waals surface area contributed by atoms with E-state index in [1.165, 1.54) is 18.2 Å². The Kier molecular flexibility index (Phi) is 3.67. The number of phenols is 1. The number of carboxylic acids is 1. The second-order valence-corrected chi connectivity index (χ2v) is 5.29. The summed E-state index contributed by atoms with van der Waals surface area (Å²) in [5.41, 5.74) is 1.00. The quantitative estimate of drug-likeness (QED) is 0.590. The number of fused-ring (bicyclic) bond motifs is 1. The Balaban J connectivity index is 1.87. The minimum Gasteiger partial charge on any atom is -0.507 e. The molecule has 0 saturated carbocycles. The number of nitrogens with one attached hydrogen (secondary N) is 2. The van der Waals surface area contributed by atoms with Gasteiger partial charge in [0, 0.05) is 17.1 Å².